The van der Waals surface area contributed by atoms with Crippen LogP contribution in [0.5, 0.6) is 0 Å². The second kappa shape index (κ2) is 10.2. The first-order valence-electron chi connectivity index (χ1n) is 15.2. The summed E-state index contributed by atoms with van der Waals surface area (Å²) in [6.07, 6.45) is 12.4. The highest BCUT2D eigenvalue weighted by Crippen LogP contribution is 2.70. The minimum Gasteiger partial charge on any atom is -0.466 e. The molecule has 0 spiro atoms. The minimum absolute atomic E-state index is 0.0521. The zero-order valence-corrected chi connectivity index (χ0v) is 24.7. The van der Waals surface area contributed by atoms with Crippen LogP contribution in [0.15, 0.2) is 11.6 Å². The second-order valence-electron chi connectivity index (χ2n) is 13.9. The zero-order chi connectivity index (χ0) is 27.5. The highest BCUT2D eigenvalue weighted by atomic mass is 16.7. The van der Waals surface area contributed by atoms with Crippen LogP contribution in [0.4, 0.5) is 0 Å². The number of rotatable bonds is 7. The van der Waals surface area contributed by atoms with Crippen LogP contribution in [0, 0.1) is 46.3 Å². The van der Waals surface area contributed by atoms with Crippen LogP contribution < -0.4 is 0 Å². The van der Waals surface area contributed by atoms with E-state index in [1.54, 1.807) is 5.57 Å². The molecule has 38 heavy (non-hydrogen) atoms. The van der Waals surface area contributed by atoms with Gasteiger partial charge in [0.1, 0.15) is 6.10 Å². The van der Waals surface area contributed by atoms with Crippen molar-refractivity contribution in [1.82, 2.24) is 0 Å². The van der Waals surface area contributed by atoms with Gasteiger partial charge in [0.15, 0.2) is 5.79 Å². The summed E-state index contributed by atoms with van der Waals surface area (Å²) >= 11 is 0. The first-order chi connectivity index (χ1) is 17.9. The molecule has 6 heteroatoms. The first-order valence-corrected chi connectivity index (χ1v) is 15.2. The molecule has 1 aliphatic heterocycles. The molecule has 11 atom stereocenters. The molecule has 0 N–H and O–H groups in total. The minimum atomic E-state index is -0.550. The monoisotopic (exact) mass is 530 g/mol. The van der Waals surface area contributed by atoms with E-state index in [4.69, 9.17) is 18.9 Å². The number of methoxy groups -OCH3 is 1. The predicted molar refractivity (Wildman–Crippen MR) is 145 cm³/mol. The van der Waals surface area contributed by atoms with E-state index in [9.17, 15) is 9.59 Å². The first kappa shape index (κ1) is 28.1. The van der Waals surface area contributed by atoms with Crippen molar-refractivity contribution in [3.8, 4) is 0 Å². The number of esters is 2. The van der Waals surface area contributed by atoms with Crippen LogP contribution in [0.1, 0.15) is 99.3 Å². The molecule has 5 rings (SSSR count). The number of allylic oxidation sites excluding steroid dienone is 1. The van der Waals surface area contributed by atoms with Gasteiger partial charge in [-0.15, -0.1) is 0 Å². The van der Waals surface area contributed by atoms with E-state index in [0.29, 0.717) is 36.2 Å². The SMILES string of the molecule is CO[C@]1(CC[C@H](C)COC(C)=O)O[C@H]2C[C@H]3[C@@H]4CC=C5C[C@@H](OC(C)=O)CC[C@]5(C)[C@H]4CC[C@]3(C)[C@H]2[C@@H]1C. The fourth-order valence-electron chi connectivity index (χ4n) is 10.1. The maximum atomic E-state index is 11.6. The van der Waals surface area contributed by atoms with Crippen LogP contribution in [0.25, 0.3) is 0 Å². The third kappa shape index (κ3) is 4.56. The number of ether oxygens (including phenoxy) is 4. The number of hydrogen-bond donors (Lipinski definition) is 0. The van der Waals surface area contributed by atoms with Crippen LogP contribution in [0.2, 0.25) is 0 Å². The van der Waals surface area contributed by atoms with E-state index in [-0.39, 0.29) is 40.9 Å². The number of carbonyl (C=O) groups is 2. The Balaban J connectivity index is 1.30. The zero-order valence-electron chi connectivity index (χ0n) is 24.7. The molecule has 0 aromatic rings. The second-order valence-corrected chi connectivity index (χ2v) is 13.9. The van der Waals surface area contributed by atoms with Crippen molar-refractivity contribution in [2.45, 2.75) is 117 Å². The molecule has 1 heterocycles. The van der Waals surface area contributed by atoms with Gasteiger partial charge in [-0.05, 0) is 85.4 Å². The standard InChI is InChI=1S/C32H50O6/c1-19(18-36-21(3)33)10-15-32(35-7)20(2)29-28(38-32)17-27-25-9-8-23-16-24(37-22(4)34)11-13-30(23,5)26(25)12-14-31(27,29)6/h8,19-20,24-29H,9-18H2,1-7H3/t19-,20-,24-,25+,26-,27-,28-,29-,30-,31-,32+/m0/s1. The highest BCUT2D eigenvalue weighted by molar-refractivity contribution is 5.66. The molecule has 5 aliphatic rings. The molecule has 6 nitrogen and oxygen atoms in total. The van der Waals surface area contributed by atoms with Gasteiger partial charge in [-0.3, -0.25) is 9.59 Å². The van der Waals surface area contributed by atoms with Crippen molar-refractivity contribution in [3.05, 3.63) is 11.6 Å². The Morgan fingerprint density at radius 3 is 2.58 bits per heavy atom. The summed E-state index contributed by atoms with van der Waals surface area (Å²) in [6, 6.07) is 0. The van der Waals surface area contributed by atoms with E-state index in [0.717, 1.165) is 44.9 Å². The number of hydrogen-bond acceptors (Lipinski definition) is 6. The van der Waals surface area contributed by atoms with E-state index >= 15 is 0 Å². The lowest BCUT2D eigenvalue weighted by atomic mass is 9.47. The summed E-state index contributed by atoms with van der Waals surface area (Å²) in [4.78, 5) is 22.8. The van der Waals surface area contributed by atoms with E-state index in [1.807, 2.05) is 7.11 Å². The van der Waals surface area contributed by atoms with Crippen molar-refractivity contribution in [2.75, 3.05) is 13.7 Å². The fraction of sp³-hybridized carbons (Fsp3) is 0.875. The van der Waals surface area contributed by atoms with Gasteiger partial charge in [-0.25, -0.2) is 0 Å². The lowest BCUT2D eigenvalue weighted by Crippen LogP contribution is -2.52. The van der Waals surface area contributed by atoms with Crippen molar-refractivity contribution >= 4 is 11.9 Å². The third-order valence-electron chi connectivity index (χ3n) is 12.0. The Bertz CT molecular complexity index is 960. The quantitative estimate of drug-likeness (QED) is 0.278. The van der Waals surface area contributed by atoms with E-state index in [2.05, 4.69) is 33.8 Å². The van der Waals surface area contributed by atoms with Crippen molar-refractivity contribution in [1.29, 1.82) is 0 Å². The summed E-state index contributed by atoms with van der Waals surface area (Å²) in [5.74, 6) is 2.29. The van der Waals surface area contributed by atoms with Crippen molar-refractivity contribution in [2.24, 2.45) is 46.3 Å². The molecule has 0 radical (unpaired) electrons. The molecule has 0 bridgehead atoms. The predicted octanol–water partition coefficient (Wildman–Crippen LogP) is 6.46. The Kier molecular flexibility index (Phi) is 7.56. The average molecular weight is 531 g/mol. The maximum absolute atomic E-state index is 11.6. The molecule has 0 unspecified atom stereocenters. The van der Waals surface area contributed by atoms with Crippen LogP contribution in [0.3, 0.4) is 0 Å². The van der Waals surface area contributed by atoms with Gasteiger partial charge >= 0.3 is 11.9 Å². The van der Waals surface area contributed by atoms with Gasteiger partial charge in [0.25, 0.3) is 0 Å². The molecular formula is C32H50O6. The topological polar surface area (TPSA) is 71.1 Å². The molecular weight excluding hydrogens is 480 g/mol. The van der Waals surface area contributed by atoms with Gasteiger partial charge in [-0.2, -0.15) is 0 Å². The Morgan fingerprint density at radius 2 is 1.89 bits per heavy atom. The van der Waals surface area contributed by atoms with Crippen LogP contribution in [-0.4, -0.2) is 43.7 Å². The van der Waals surface area contributed by atoms with Crippen LogP contribution in [-0.2, 0) is 28.5 Å². The summed E-state index contributed by atoms with van der Waals surface area (Å²) in [6.45, 7) is 13.0. The molecule has 4 fully saturated rings. The molecule has 0 aromatic heterocycles. The van der Waals surface area contributed by atoms with Crippen LogP contribution >= 0.6 is 0 Å². The molecule has 0 aromatic carbocycles. The summed E-state index contributed by atoms with van der Waals surface area (Å²) < 4.78 is 24.0. The van der Waals surface area contributed by atoms with Crippen molar-refractivity contribution < 1.29 is 28.5 Å². The average Bonchev–Trinajstić information content (AvgIpc) is 3.31. The fourth-order valence-corrected chi connectivity index (χ4v) is 10.1. The molecule has 1 saturated heterocycles. The molecule has 214 valence electrons. The maximum Gasteiger partial charge on any atom is 0.302 e. The van der Waals surface area contributed by atoms with Gasteiger partial charge in [0.05, 0.1) is 12.7 Å². The highest BCUT2D eigenvalue weighted by Gasteiger charge is 2.68. The smallest absolute Gasteiger partial charge is 0.302 e. The van der Waals surface area contributed by atoms with Gasteiger partial charge < -0.3 is 18.9 Å². The lowest BCUT2D eigenvalue weighted by Gasteiger charge is -2.58. The van der Waals surface area contributed by atoms with E-state index in [1.165, 1.54) is 26.7 Å². The Labute approximate surface area is 229 Å². The molecule has 0 amide bonds. The molecule has 3 saturated carbocycles. The van der Waals surface area contributed by atoms with Gasteiger partial charge in [-0.1, -0.05) is 39.3 Å². The van der Waals surface area contributed by atoms with Gasteiger partial charge in [0.2, 0.25) is 0 Å². The third-order valence-corrected chi connectivity index (χ3v) is 12.0. The Morgan fingerprint density at radius 1 is 1.13 bits per heavy atom. The normalized spacial score (nSPS) is 46.2. The molecule has 4 aliphatic carbocycles. The van der Waals surface area contributed by atoms with Crippen molar-refractivity contribution in [3.63, 3.8) is 0 Å². The summed E-state index contributed by atoms with van der Waals surface area (Å²) in [5, 5.41) is 0. The largest absolute Gasteiger partial charge is 0.466 e. The summed E-state index contributed by atoms with van der Waals surface area (Å²) in [5.41, 5.74) is 2.05. The lowest BCUT2D eigenvalue weighted by molar-refractivity contribution is -0.238. The number of carbonyl (C=O) groups excluding carboxylic acids is 2. The summed E-state index contributed by atoms with van der Waals surface area (Å²) in [7, 11) is 1.81. The Hall–Kier alpha value is -1.40. The number of fused-ring (bicyclic) bond motifs is 7. The van der Waals surface area contributed by atoms with Gasteiger partial charge in [0, 0.05) is 39.7 Å². The van der Waals surface area contributed by atoms with E-state index < -0.39 is 5.79 Å².